The zero-order valence-corrected chi connectivity index (χ0v) is 9.25. The molecule has 0 radical (unpaired) electrons. The molecule has 0 spiro atoms. The zero-order valence-electron chi connectivity index (χ0n) is 6.86. The molecule has 0 aromatic carbocycles. The Hall–Kier alpha value is -0.320. The molecule has 13 heavy (non-hydrogen) atoms. The van der Waals surface area contributed by atoms with Gasteiger partial charge in [0, 0.05) is 22.0 Å². The van der Waals surface area contributed by atoms with Crippen molar-refractivity contribution in [1.82, 2.24) is 0 Å². The number of hydrogen-bond acceptors (Lipinski definition) is 3. The maximum Gasteiger partial charge on any atom is 0.236 e. The Balaban J connectivity index is 2.53. The summed E-state index contributed by atoms with van der Waals surface area (Å²) in [6.07, 6.45) is 0.587. The summed E-state index contributed by atoms with van der Waals surface area (Å²) < 4.78 is 21.4. The topological polar surface area (TPSA) is 34.1 Å². The normalized spacial score (nSPS) is 11.5. The lowest BCUT2D eigenvalue weighted by atomic mass is 10.2. The lowest BCUT2D eigenvalue weighted by Crippen LogP contribution is -2.01. The number of hydrogen-bond donors (Lipinski definition) is 0. The van der Waals surface area contributed by atoms with E-state index in [1.165, 1.54) is 0 Å². The average Bonchev–Trinajstić information content (AvgIpc) is 2.34. The first-order valence-corrected chi connectivity index (χ1v) is 6.94. The summed E-state index contributed by atoms with van der Waals surface area (Å²) in [5, 5.41) is 1.94. The van der Waals surface area contributed by atoms with Crippen LogP contribution in [0.2, 0.25) is 0 Å². The van der Waals surface area contributed by atoms with Gasteiger partial charge in [-0.2, -0.15) is 0 Å². The highest BCUT2D eigenvalue weighted by molar-refractivity contribution is 8.13. The molecule has 1 heterocycles. The van der Waals surface area contributed by atoms with Crippen LogP contribution in [0, 0.1) is 0 Å². The monoisotopic (exact) mass is 236 g/mol. The molecule has 1 aromatic heterocycles. The SMILES string of the molecule is C=C(Cc1cccs1)CS(=O)(=O)Cl. The summed E-state index contributed by atoms with van der Waals surface area (Å²) in [6, 6.07) is 3.86. The molecule has 5 heteroatoms. The second-order valence-corrected chi connectivity index (χ2v) is 6.50. The molecule has 0 aliphatic heterocycles. The Morgan fingerprint density at radius 3 is 2.77 bits per heavy atom. The van der Waals surface area contributed by atoms with Gasteiger partial charge in [-0.3, -0.25) is 0 Å². The van der Waals surface area contributed by atoms with E-state index in [0.717, 1.165) is 4.88 Å². The Kier molecular flexibility index (Phi) is 3.53. The number of halogens is 1. The molecule has 0 amide bonds. The number of thiophene rings is 1. The van der Waals surface area contributed by atoms with Crippen LogP contribution in [0.1, 0.15) is 4.88 Å². The van der Waals surface area contributed by atoms with E-state index in [4.69, 9.17) is 10.7 Å². The van der Waals surface area contributed by atoms with E-state index in [0.29, 0.717) is 12.0 Å². The third kappa shape index (κ3) is 4.45. The van der Waals surface area contributed by atoms with Crippen LogP contribution >= 0.6 is 22.0 Å². The fraction of sp³-hybridized carbons (Fsp3) is 0.250. The van der Waals surface area contributed by atoms with E-state index in [2.05, 4.69) is 6.58 Å². The number of rotatable bonds is 4. The van der Waals surface area contributed by atoms with Gasteiger partial charge in [-0.15, -0.1) is 11.3 Å². The van der Waals surface area contributed by atoms with Gasteiger partial charge in [-0.25, -0.2) is 8.42 Å². The Morgan fingerprint density at radius 2 is 2.31 bits per heavy atom. The van der Waals surface area contributed by atoms with Crippen molar-refractivity contribution in [3.63, 3.8) is 0 Å². The Bertz CT molecular complexity index is 378. The molecule has 1 aromatic rings. The lowest BCUT2D eigenvalue weighted by Gasteiger charge is -1.99. The van der Waals surface area contributed by atoms with E-state index in [1.807, 2.05) is 17.5 Å². The van der Waals surface area contributed by atoms with E-state index in [1.54, 1.807) is 11.3 Å². The minimum absolute atomic E-state index is 0.146. The van der Waals surface area contributed by atoms with Gasteiger partial charge in [-0.05, 0) is 11.4 Å². The largest absolute Gasteiger partial charge is 0.236 e. The van der Waals surface area contributed by atoms with Gasteiger partial charge in [0.25, 0.3) is 0 Å². The summed E-state index contributed by atoms with van der Waals surface area (Å²) in [7, 11) is 1.63. The second kappa shape index (κ2) is 4.26. The zero-order chi connectivity index (χ0) is 9.90. The van der Waals surface area contributed by atoms with E-state index in [9.17, 15) is 8.42 Å². The fourth-order valence-corrected chi connectivity index (χ4v) is 2.78. The first-order valence-electron chi connectivity index (χ1n) is 3.59. The van der Waals surface area contributed by atoms with Crippen LogP contribution in [0.25, 0.3) is 0 Å². The van der Waals surface area contributed by atoms with E-state index in [-0.39, 0.29) is 5.75 Å². The van der Waals surface area contributed by atoms with Crippen molar-refractivity contribution in [1.29, 1.82) is 0 Å². The lowest BCUT2D eigenvalue weighted by molar-refractivity contribution is 0.611. The summed E-state index contributed by atoms with van der Waals surface area (Å²) >= 11 is 1.58. The van der Waals surface area contributed by atoms with Crippen LogP contribution in [0.15, 0.2) is 29.7 Å². The summed E-state index contributed by atoms with van der Waals surface area (Å²) in [5.74, 6) is -0.146. The molecular weight excluding hydrogens is 228 g/mol. The van der Waals surface area contributed by atoms with E-state index < -0.39 is 9.05 Å². The standard InChI is InChI=1S/C8H9ClO2S2/c1-7(6-13(9,10)11)5-8-3-2-4-12-8/h2-4H,1,5-6H2. The minimum Gasteiger partial charge on any atom is -0.212 e. The van der Waals surface area contributed by atoms with Gasteiger partial charge in [0.1, 0.15) is 0 Å². The van der Waals surface area contributed by atoms with Crippen molar-refractivity contribution < 1.29 is 8.42 Å². The average molecular weight is 237 g/mol. The van der Waals surface area contributed by atoms with E-state index >= 15 is 0 Å². The highest BCUT2D eigenvalue weighted by Crippen LogP contribution is 2.15. The predicted molar refractivity (Wildman–Crippen MR) is 56.8 cm³/mol. The van der Waals surface area contributed by atoms with Crippen molar-refractivity contribution >= 4 is 31.1 Å². The van der Waals surface area contributed by atoms with Crippen LogP contribution in [0.5, 0.6) is 0 Å². The molecule has 0 saturated carbocycles. The minimum atomic E-state index is -3.45. The Morgan fingerprint density at radius 1 is 1.62 bits per heavy atom. The fourth-order valence-electron chi connectivity index (χ4n) is 0.954. The third-order valence-corrected chi connectivity index (χ3v) is 3.34. The molecule has 0 unspecified atom stereocenters. The van der Waals surface area contributed by atoms with Crippen LogP contribution in [-0.4, -0.2) is 14.2 Å². The van der Waals surface area contributed by atoms with Crippen LogP contribution in [0.3, 0.4) is 0 Å². The first kappa shape index (κ1) is 10.8. The smallest absolute Gasteiger partial charge is 0.212 e. The third-order valence-electron chi connectivity index (χ3n) is 1.38. The molecule has 0 aliphatic rings. The van der Waals surface area contributed by atoms with Crippen LogP contribution < -0.4 is 0 Å². The second-order valence-electron chi connectivity index (χ2n) is 2.69. The summed E-state index contributed by atoms with van der Waals surface area (Å²) in [4.78, 5) is 1.10. The molecule has 2 nitrogen and oxygen atoms in total. The van der Waals surface area contributed by atoms with Gasteiger partial charge < -0.3 is 0 Å². The van der Waals surface area contributed by atoms with Crippen LogP contribution in [0.4, 0.5) is 0 Å². The Labute approximate surface area is 86.3 Å². The molecule has 0 bridgehead atoms. The van der Waals surface area contributed by atoms with Gasteiger partial charge in [-0.1, -0.05) is 18.2 Å². The van der Waals surface area contributed by atoms with Crippen molar-refractivity contribution in [2.75, 3.05) is 5.75 Å². The van der Waals surface area contributed by atoms with Crippen LogP contribution in [-0.2, 0) is 15.5 Å². The molecule has 0 atom stereocenters. The summed E-state index contributed by atoms with van der Waals surface area (Å²) in [5.41, 5.74) is 0.623. The van der Waals surface area contributed by atoms with Gasteiger partial charge in [0.05, 0.1) is 5.75 Å². The summed E-state index contributed by atoms with van der Waals surface area (Å²) in [6.45, 7) is 3.66. The van der Waals surface area contributed by atoms with Crippen molar-refractivity contribution in [3.8, 4) is 0 Å². The molecular formula is C8H9ClO2S2. The molecule has 0 saturated heterocycles. The first-order chi connectivity index (χ1) is 5.97. The van der Waals surface area contributed by atoms with Gasteiger partial charge in [0.15, 0.2) is 0 Å². The highest BCUT2D eigenvalue weighted by atomic mass is 35.7. The maximum absolute atomic E-state index is 10.7. The van der Waals surface area contributed by atoms with Crippen molar-refractivity contribution in [3.05, 3.63) is 34.5 Å². The molecule has 0 N–H and O–H groups in total. The van der Waals surface area contributed by atoms with Gasteiger partial charge in [0.2, 0.25) is 9.05 Å². The van der Waals surface area contributed by atoms with Gasteiger partial charge >= 0.3 is 0 Å². The highest BCUT2D eigenvalue weighted by Gasteiger charge is 2.08. The maximum atomic E-state index is 10.7. The molecule has 1 rings (SSSR count). The molecule has 0 aliphatic carbocycles. The quantitative estimate of drug-likeness (QED) is 0.594. The van der Waals surface area contributed by atoms with Crippen molar-refractivity contribution in [2.45, 2.75) is 6.42 Å². The predicted octanol–water partition coefficient (Wildman–Crippen LogP) is 2.42. The van der Waals surface area contributed by atoms with Crippen molar-refractivity contribution in [2.24, 2.45) is 0 Å². The molecule has 72 valence electrons. The molecule has 0 fully saturated rings.